The fourth-order valence-corrected chi connectivity index (χ4v) is 1.95. The van der Waals surface area contributed by atoms with Gasteiger partial charge >= 0.3 is 0 Å². The van der Waals surface area contributed by atoms with Gasteiger partial charge in [0.2, 0.25) is 0 Å². The second kappa shape index (κ2) is 4.03. The highest BCUT2D eigenvalue weighted by molar-refractivity contribution is 5.95. The van der Waals surface area contributed by atoms with E-state index in [4.69, 9.17) is 9.63 Å². The first-order valence-electron chi connectivity index (χ1n) is 5.43. The van der Waals surface area contributed by atoms with Gasteiger partial charge in [-0.2, -0.15) is 0 Å². The van der Waals surface area contributed by atoms with Crippen LogP contribution in [0.25, 0.3) is 22.1 Å². The minimum Gasteiger partial charge on any atom is -0.390 e. The van der Waals surface area contributed by atoms with Crippen LogP contribution in [-0.2, 0) is 6.61 Å². The number of hydrogen-bond donors (Lipinski definition) is 1. The average Bonchev–Trinajstić information content (AvgIpc) is 2.87. The number of benzene rings is 2. The van der Waals surface area contributed by atoms with Gasteiger partial charge in [-0.1, -0.05) is 47.6 Å². The van der Waals surface area contributed by atoms with Crippen molar-refractivity contribution in [1.82, 2.24) is 5.16 Å². The Morgan fingerprint density at radius 1 is 1.06 bits per heavy atom. The van der Waals surface area contributed by atoms with E-state index in [0.29, 0.717) is 11.5 Å². The molecular weight excluding hydrogens is 214 g/mol. The van der Waals surface area contributed by atoms with E-state index in [1.807, 2.05) is 30.3 Å². The summed E-state index contributed by atoms with van der Waals surface area (Å²) < 4.78 is 5.24. The molecule has 1 N–H and O–H groups in total. The van der Waals surface area contributed by atoms with Crippen LogP contribution in [0.2, 0.25) is 0 Å². The third kappa shape index (κ3) is 1.70. The number of nitrogens with zero attached hydrogens (tertiary/aromatic N) is 1. The van der Waals surface area contributed by atoms with Crippen LogP contribution in [0.4, 0.5) is 0 Å². The lowest BCUT2D eigenvalue weighted by Gasteiger charge is -2.02. The van der Waals surface area contributed by atoms with E-state index in [9.17, 15) is 0 Å². The van der Waals surface area contributed by atoms with E-state index < -0.39 is 0 Å². The maximum atomic E-state index is 8.99. The van der Waals surface area contributed by atoms with Gasteiger partial charge in [-0.25, -0.2) is 0 Å². The van der Waals surface area contributed by atoms with Gasteiger partial charge in [0, 0.05) is 11.6 Å². The van der Waals surface area contributed by atoms with E-state index in [1.165, 1.54) is 0 Å². The third-order valence-electron chi connectivity index (χ3n) is 2.78. The van der Waals surface area contributed by atoms with Gasteiger partial charge in [-0.05, 0) is 10.8 Å². The van der Waals surface area contributed by atoms with Gasteiger partial charge in [0.1, 0.15) is 5.69 Å². The van der Waals surface area contributed by atoms with E-state index in [-0.39, 0.29) is 6.61 Å². The second-order valence-electron chi connectivity index (χ2n) is 3.87. The van der Waals surface area contributed by atoms with Gasteiger partial charge in [0.05, 0.1) is 6.61 Å². The molecule has 0 spiro atoms. The minimum absolute atomic E-state index is 0.103. The Morgan fingerprint density at radius 3 is 2.71 bits per heavy atom. The quantitative estimate of drug-likeness (QED) is 0.729. The van der Waals surface area contributed by atoms with E-state index in [1.54, 1.807) is 6.07 Å². The molecule has 0 fully saturated rings. The van der Waals surface area contributed by atoms with Crippen LogP contribution >= 0.6 is 0 Å². The van der Waals surface area contributed by atoms with Gasteiger partial charge in [-0.3, -0.25) is 0 Å². The lowest BCUT2D eigenvalue weighted by Crippen LogP contribution is -1.79. The normalized spacial score (nSPS) is 10.9. The number of rotatable bonds is 2. The Kier molecular flexibility index (Phi) is 2.38. The standard InChI is InChI=1S/C14H11NO2/c16-9-11-8-14(17-15-11)13-7-3-5-10-4-1-2-6-12(10)13/h1-8,16H,9H2. The zero-order valence-corrected chi connectivity index (χ0v) is 9.13. The Bertz CT molecular complexity index is 653. The van der Waals surface area contributed by atoms with Crippen molar-refractivity contribution in [2.45, 2.75) is 6.61 Å². The SMILES string of the molecule is OCc1cc(-c2cccc3ccccc23)on1. The molecule has 0 aliphatic heterocycles. The Balaban J connectivity index is 2.23. The zero-order chi connectivity index (χ0) is 11.7. The molecule has 1 aromatic heterocycles. The summed E-state index contributed by atoms with van der Waals surface area (Å²) in [6, 6.07) is 15.9. The highest BCUT2D eigenvalue weighted by atomic mass is 16.5. The molecule has 0 unspecified atom stereocenters. The van der Waals surface area contributed by atoms with Gasteiger partial charge < -0.3 is 9.63 Å². The summed E-state index contributed by atoms with van der Waals surface area (Å²) in [7, 11) is 0. The van der Waals surface area contributed by atoms with Gasteiger partial charge in [-0.15, -0.1) is 0 Å². The summed E-state index contributed by atoms with van der Waals surface area (Å²) in [5, 5.41) is 15.1. The topological polar surface area (TPSA) is 46.3 Å². The molecule has 0 bridgehead atoms. The highest BCUT2D eigenvalue weighted by Gasteiger charge is 2.08. The third-order valence-corrected chi connectivity index (χ3v) is 2.78. The van der Waals surface area contributed by atoms with Crippen molar-refractivity contribution in [3.63, 3.8) is 0 Å². The van der Waals surface area contributed by atoms with Crippen LogP contribution < -0.4 is 0 Å². The molecule has 0 saturated carbocycles. The Morgan fingerprint density at radius 2 is 1.88 bits per heavy atom. The van der Waals surface area contributed by atoms with Crippen molar-refractivity contribution in [3.05, 3.63) is 54.2 Å². The number of aromatic nitrogens is 1. The van der Waals surface area contributed by atoms with Crippen molar-refractivity contribution in [3.8, 4) is 11.3 Å². The summed E-state index contributed by atoms with van der Waals surface area (Å²) >= 11 is 0. The summed E-state index contributed by atoms with van der Waals surface area (Å²) in [4.78, 5) is 0. The van der Waals surface area contributed by atoms with Crippen LogP contribution in [0.5, 0.6) is 0 Å². The Labute approximate surface area is 98.3 Å². The second-order valence-corrected chi connectivity index (χ2v) is 3.87. The van der Waals surface area contributed by atoms with Gasteiger partial charge in [0.25, 0.3) is 0 Å². The molecule has 0 radical (unpaired) electrons. The van der Waals surface area contributed by atoms with Crippen molar-refractivity contribution >= 4 is 10.8 Å². The maximum absolute atomic E-state index is 8.99. The molecule has 2 aromatic carbocycles. The molecule has 0 aliphatic rings. The van der Waals surface area contributed by atoms with Crippen LogP contribution in [-0.4, -0.2) is 10.3 Å². The van der Waals surface area contributed by atoms with Crippen molar-refractivity contribution in [1.29, 1.82) is 0 Å². The fourth-order valence-electron chi connectivity index (χ4n) is 1.95. The smallest absolute Gasteiger partial charge is 0.167 e. The van der Waals surface area contributed by atoms with Crippen LogP contribution in [0.15, 0.2) is 53.1 Å². The first-order valence-corrected chi connectivity index (χ1v) is 5.43. The predicted molar refractivity (Wildman–Crippen MR) is 65.4 cm³/mol. The minimum atomic E-state index is -0.103. The maximum Gasteiger partial charge on any atom is 0.167 e. The van der Waals surface area contributed by atoms with E-state index in [0.717, 1.165) is 16.3 Å². The van der Waals surface area contributed by atoms with Gasteiger partial charge in [0.15, 0.2) is 5.76 Å². The van der Waals surface area contributed by atoms with Crippen LogP contribution in [0, 0.1) is 0 Å². The lowest BCUT2D eigenvalue weighted by atomic mass is 10.0. The first kappa shape index (κ1) is 10.1. The molecule has 3 heteroatoms. The van der Waals surface area contributed by atoms with E-state index >= 15 is 0 Å². The van der Waals surface area contributed by atoms with Crippen LogP contribution in [0.1, 0.15) is 5.69 Å². The zero-order valence-electron chi connectivity index (χ0n) is 9.13. The lowest BCUT2D eigenvalue weighted by molar-refractivity contribution is 0.267. The number of aliphatic hydroxyl groups is 1. The Hall–Kier alpha value is -2.13. The molecule has 1 heterocycles. The molecule has 84 valence electrons. The average molecular weight is 225 g/mol. The predicted octanol–water partition coefficient (Wildman–Crippen LogP) is 2.99. The molecule has 17 heavy (non-hydrogen) atoms. The summed E-state index contributed by atoms with van der Waals surface area (Å²) in [6.07, 6.45) is 0. The molecule has 3 aromatic rings. The van der Waals surface area contributed by atoms with E-state index in [2.05, 4.69) is 17.3 Å². The molecule has 0 saturated heterocycles. The monoisotopic (exact) mass is 225 g/mol. The summed E-state index contributed by atoms with van der Waals surface area (Å²) in [5.41, 5.74) is 1.54. The molecule has 0 atom stereocenters. The summed E-state index contributed by atoms with van der Waals surface area (Å²) in [5.74, 6) is 0.686. The molecular formula is C14H11NO2. The number of fused-ring (bicyclic) bond motifs is 1. The number of aliphatic hydroxyl groups excluding tert-OH is 1. The fraction of sp³-hybridized carbons (Fsp3) is 0.0714. The largest absolute Gasteiger partial charge is 0.390 e. The van der Waals surface area contributed by atoms with Crippen molar-refractivity contribution in [2.75, 3.05) is 0 Å². The van der Waals surface area contributed by atoms with Crippen LogP contribution in [0.3, 0.4) is 0 Å². The molecule has 3 rings (SSSR count). The molecule has 0 aliphatic carbocycles. The molecule has 3 nitrogen and oxygen atoms in total. The van der Waals surface area contributed by atoms with Crippen molar-refractivity contribution in [2.24, 2.45) is 0 Å². The summed E-state index contributed by atoms with van der Waals surface area (Å²) in [6.45, 7) is -0.103. The van der Waals surface area contributed by atoms with Crippen molar-refractivity contribution < 1.29 is 9.63 Å². The first-order chi connectivity index (χ1) is 8.38. The highest BCUT2D eigenvalue weighted by Crippen LogP contribution is 2.28. The number of hydrogen-bond acceptors (Lipinski definition) is 3. The molecule has 0 amide bonds.